The number of rotatable bonds is 1. The molecule has 0 saturated heterocycles. The van der Waals surface area contributed by atoms with Crippen LogP contribution in [0.25, 0.3) is 0 Å². The van der Waals surface area contributed by atoms with Gasteiger partial charge >= 0.3 is 0 Å². The number of hydrogen-bond donors (Lipinski definition) is 1. The second kappa shape index (κ2) is 3.44. The number of anilines is 1. The number of benzene rings is 1. The van der Waals surface area contributed by atoms with Gasteiger partial charge in [0, 0.05) is 11.9 Å². The van der Waals surface area contributed by atoms with Crippen LogP contribution in [0.1, 0.15) is 0 Å². The van der Waals surface area contributed by atoms with Crippen LogP contribution in [0, 0.1) is 0 Å². The summed E-state index contributed by atoms with van der Waals surface area (Å²) in [5.74, 6) is 0. The number of aliphatic hydroxyl groups is 1. The lowest BCUT2D eigenvalue weighted by Gasteiger charge is -2.12. The molecule has 2 rings (SSSR count). The van der Waals surface area contributed by atoms with Gasteiger partial charge < -0.3 is 10.0 Å². The van der Waals surface area contributed by atoms with Crippen molar-refractivity contribution in [2.75, 3.05) is 18.6 Å². The van der Waals surface area contributed by atoms with Gasteiger partial charge in [-0.15, -0.1) is 0 Å². The highest BCUT2D eigenvalue weighted by Crippen LogP contribution is 2.44. The van der Waals surface area contributed by atoms with Crippen LogP contribution >= 0.6 is 11.8 Å². The molecule has 0 fully saturated rings. The molecule has 0 bridgehead atoms. The second-order valence-electron chi connectivity index (χ2n) is 2.85. The zero-order valence-corrected chi connectivity index (χ0v) is 8.21. The van der Waals surface area contributed by atoms with Gasteiger partial charge in [-0.25, -0.2) is 0 Å². The van der Waals surface area contributed by atoms with E-state index in [0.717, 1.165) is 5.03 Å². The van der Waals surface area contributed by atoms with E-state index in [9.17, 15) is 0 Å². The fraction of sp³-hybridized carbons (Fsp3) is 0.200. The van der Waals surface area contributed by atoms with Crippen LogP contribution in [0.2, 0.25) is 0 Å². The van der Waals surface area contributed by atoms with Crippen molar-refractivity contribution in [3.63, 3.8) is 0 Å². The van der Waals surface area contributed by atoms with E-state index in [2.05, 4.69) is 17.0 Å². The molecule has 0 unspecified atom stereocenters. The molecule has 1 aromatic rings. The lowest BCUT2D eigenvalue weighted by molar-refractivity contribution is 0.342. The van der Waals surface area contributed by atoms with Crippen molar-refractivity contribution in [2.24, 2.45) is 0 Å². The summed E-state index contributed by atoms with van der Waals surface area (Å²) in [5, 5.41) is 9.91. The third-order valence-electron chi connectivity index (χ3n) is 2.04. The highest BCUT2D eigenvalue weighted by molar-refractivity contribution is 8.03. The Hall–Kier alpha value is -0.930. The van der Waals surface area contributed by atoms with Gasteiger partial charge in [0.25, 0.3) is 0 Å². The zero-order valence-electron chi connectivity index (χ0n) is 7.40. The largest absolute Gasteiger partial charge is 0.392 e. The van der Waals surface area contributed by atoms with E-state index in [1.54, 1.807) is 11.8 Å². The molecule has 0 saturated carbocycles. The number of hydrogen-bond acceptors (Lipinski definition) is 3. The van der Waals surface area contributed by atoms with E-state index >= 15 is 0 Å². The van der Waals surface area contributed by atoms with Crippen molar-refractivity contribution in [2.45, 2.75) is 4.90 Å². The average Bonchev–Trinajstić information content (AvgIpc) is 2.46. The van der Waals surface area contributed by atoms with Crippen LogP contribution in [0.4, 0.5) is 5.69 Å². The minimum Gasteiger partial charge on any atom is -0.392 e. The van der Waals surface area contributed by atoms with Gasteiger partial charge in [0.05, 0.1) is 17.3 Å². The topological polar surface area (TPSA) is 23.5 Å². The molecule has 1 aromatic carbocycles. The molecule has 0 atom stereocenters. The summed E-state index contributed by atoms with van der Waals surface area (Å²) in [6.07, 6.45) is 1.82. The molecular formula is C10H11NOS. The first-order chi connectivity index (χ1) is 6.33. The van der Waals surface area contributed by atoms with Crippen LogP contribution < -0.4 is 4.90 Å². The predicted octanol–water partition coefficient (Wildman–Crippen LogP) is 2.06. The fourth-order valence-electron chi connectivity index (χ4n) is 1.38. The van der Waals surface area contributed by atoms with Crippen molar-refractivity contribution in [3.05, 3.63) is 35.4 Å². The Labute approximate surface area is 81.9 Å². The summed E-state index contributed by atoms with van der Waals surface area (Å²) in [4.78, 5) is 3.35. The summed E-state index contributed by atoms with van der Waals surface area (Å²) in [6.45, 7) is 0.0979. The number of thioether (sulfide) groups is 1. The maximum Gasteiger partial charge on any atom is 0.0781 e. The summed E-state index contributed by atoms with van der Waals surface area (Å²) < 4.78 is 0. The molecule has 0 aliphatic carbocycles. The molecule has 1 aliphatic rings. The molecule has 0 aromatic heterocycles. The van der Waals surface area contributed by atoms with E-state index in [1.165, 1.54) is 10.6 Å². The van der Waals surface area contributed by atoms with Crippen LogP contribution in [0.3, 0.4) is 0 Å². The zero-order chi connectivity index (χ0) is 9.26. The van der Waals surface area contributed by atoms with Crippen LogP contribution in [0.5, 0.6) is 0 Å². The van der Waals surface area contributed by atoms with Gasteiger partial charge in [0.15, 0.2) is 0 Å². The molecule has 0 spiro atoms. The number of fused-ring (bicyclic) bond motifs is 1. The molecule has 1 aliphatic heterocycles. The molecular weight excluding hydrogens is 182 g/mol. The quantitative estimate of drug-likeness (QED) is 0.738. The lowest BCUT2D eigenvalue weighted by Crippen LogP contribution is -2.09. The molecule has 0 radical (unpaired) electrons. The summed E-state index contributed by atoms with van der Waals surface area (Å²) in [7, 11) is 2.01. The molecule has 68 valence electrons. The first kappa shape index (κ1) is 8.66. The van der Waals surface area contributed by atoms with Gasteiger partial charge in [0.1, 0.15) is 0 Å². The second-order valence-corrected chi connectivity index (χ2v) is 3.92. The lowest BCUT2D eigenvalue weighted by atomic mass is 10.3. The standard InChI is InChI=1S/C10H11NOS/c1-11-8-4-2-3-5-9(8)13-10(11)6-7-12/h2-6,12H,7H2,1H3/b10-6-. The number of aliphatic hydroxyl groups excluding tert-OH is 1. The van der Waals surface area contributed by atoms with E-state index in [0.29, 0.717) is 0 Å². The van der Waals surface area contributed by atoms with Gasteiger partial charge in [-0.05, 0) is 18.2 Å². The highest BCUT2D eigenvalue weighted by atomic mass is 32.2. The Balaban J connectivity index is 2.38. The normalized spacial score (nSPS) is 18.0. The third-order valence-corrected chi connectivity index (χ3v) is 3.25. The van der Waals surface area contributed by atoms with E-state index in [4.69, 9.17) is 5.11 Å². The monoisotopic (exact) mass is 193 g/mol. The maximum atomic E-state index is 8.81. The van der Waals surface area contributed by atoms with E-state index in [-0.39, 0.29) is 6.61 Å². The predicted molar refractivity (Wildman–Crippen MR) is 55.9 cm³/mol. The summed E-state index contributed by atoms with van der Waals surface area (Å²) >= 11 is 1.70. The SMILES string of the molecule is CN1/C(=C/CO)Sc2ccccc21. The Morgan fingerprint density at radius 1 is 1.46 bits per heavy atom. The maximum absolute atomic E-state index is 8.81. The first-order valence-corrected chi connectivity index (χ1v) is 4.96. The Bertz CT molecular complexity index is 349. The van der Waals surface area contributed by atoms with Crippen molar-refractivity contribution >= 4 is 17.4 Å². The van der Waals surface area contributed by atoms with E-state index in [1.807, 2.05) is 25.3 Å². The van der Waals surface area contributed by atoms with Gasteiger partial charge in [-0.1, -0.05) is 23.9 Å². The average molecular weight is 193 g/mol. The van der Waals surface area contributed by atoms with Crippen molar-refractivity contribution in [3.8, 4) is 0 Å². The number of para-hydroxylation sites is 1. The van der Waals surface area contributed by atoms with Gasteiger partial charge in [-0.3, -0.25) is 0 Å². The summed E-state index contributed by atoms with van der Waals surface area (Å²) in [6, 6.07) is 8.23. The molecule has 2 nitrogen and oxygen atoms in total. The minimum absolute atomic E-state index is 0.0979. The highest BCUT2D eigenvalue weighted by Gasteiger charge is 2.20. The summed E-state index contributed by atoms with van der Waals surface area (Å²) in [5.41, 5.74) is 1.22. The molecule has 0 amide bonds. The van der Waals surface area contributed by atoms with Gasteiger partial charge in [0.2, 0.25) is 0 Å². The molecule has 13 heavy (non-hydrogen) atoms. The molecule has 1 heterocycles. The Morgan fingerprint density at radius 3 is 2.92 bits per heavy atom. The van der Waals surface area contributed by atoms with E-state index < -0.39 is 0 Å². The Morgan fingerprint density at radius 2 is 2.23 bits per heavy atom. The smallest absolute Gasteiger partial charge is 0.0781 e. The first-order valence-electron chi connectivity index (χ1n) is 4.14. The van der Waals surface area contributed by atoms with Crippen LogP contribution in [0.15, 0.2) is 40.3 Å². The molecule has 1 N–H and O–H groups in total. The number of nitrogens with zero attached hydrogens (tertiary/aromatic N) is 1. The third kappa shape index (κ3) is 1.45. The van der Waals surface area contributed by atoms with Crippen LogP contribution in [-0.4, -0.2) is 18.8 Å². The van der Waals surface area contributed by atoms with Gasteiger partial charge in [-0.2, -0.15) is 0 Å². The van der Waals surface area contributed by atoms with Crippen molar-refractivity contribution in [1.29, 1.82) is 0 Å². The Kier molecular flexibility index (Phi) is 2.29. The van der Waals surface area contributed by atoms with Crippen LogP contribution in [-0.2, 0) is 0 Å². The fourth-order valence-corrected chi connectivity index (χ4v) is 2.45. The van der Waals surface area contributed by atoms with Crippen molar-refractivity contribution < 1.29 is 5.11 Å². The minimum atomic E-state index is 0.0979. The van der Waals surface area contributed by atoms with Crippen molar-refractivity contribution in [1.82, 2.24) is 0 Å². The molecule has 3 heteroatoms.